The Morgan fingerprint density at radius 3 is 2.97 bits per heavy atom. The average molecular weight is 481 g/mol. The Labute approximate surface area is 201 Å². The fourth-order valence-corrected chi connectivity index (χ4v) is 4.44. The molecular weight excluding hydrogens is 456 g/mol. The fraction of sp³-hybridized carbons (Fsp3) is 0.333. The molecule has 2 N–H and O–H groups in total. The number of nitrogens with zero attached hydrogens (tertiary/aromatic N) is 5. The molecule has 1 aliphatic heterocycles. The van der Waals surface area contributed by atoms with E-state index in [-0.39, 0.29) is 30.4 Å². The zero-order chi connectivity index (χ0) is 24.2. The number of methoxy groups -OCH3 is 1. The molecule has 0 amide bonds. The first kappa shape index (κ1) is 23.5. The minimum Gasteiger partial charge on any atom is -0.497 e. The third-order valence-electron chi connectivity index (χ3n) is 5.95. The van der Waals surface area contributed by atoms with Crippen LogP contribution in [0.4, 0.5) is 5.82 Å². The number of Topliss-reactive ketones (excluding diaryl/α,β-unsaturated/α-hetero) is 1. The SMILES string of the molecule is COc1cccc(C(=O)Cn2cnc3c(C#N)c(N4CCC[C@H](N)C4)n(C/C=C/Cl)c3c2=O)c1. The second-order valence-electron chi connectivity index (χ2n) is 8.16. The van der Waals surface area contributed by atoms with Gasteiger partial charge in [-0.1, -0.05) is 29.8 Å². The van der Waals surface area contributed by atoms with Gasteiger partial charge in [-0.3, -0.25) is 14.2 Å². The highest BCUT2D eigenvalue weighted by atomic mass is 35.5. The van der Waals surface area contributed by atoms with Crippen LogP contribution < -0.4 is 20.9 Å². The van der Waals surface area contributed by atoms with Crippen molar-refractivity contribution >= 4 is 34.2 Å². The number of carbonyl (C=O) groups is 1. The summed E-state index contributed by atoms with van der Waals surface area (Å²) in [6.45, 7) is 1.36. The molecule has 10 heteroatoms. The third-order valence-corrected chi connectivity index (χ3v) is 6.13. The van der Waals surface area contributed by atoms with E-state index in [0.29, 0.717) is 41.3 Å². The molecule has 0 spiro atoms. The number of hydrogen-bond acceptors (Lipinski definition) is 7. The zero-order valence-corrected chi connectivity index (χ0v) is 19.5. The smallest absolute Gasteiger partial charge is 0.278 e. The van der Waals surface area contributed by atoms with Gasteiger partial charge in [0, 0.05) is 36.8 Å². The number of carbonyl (C=O) groups excluding carboxylic acids is 1. The van der Waals surface area contributed by atoms with Gasteiger partial charge in [0.2, 0.25) is 0 Å². The van der Waals surface area contributed by atoms with E-state index < -0.39 is 5.56 Å². The Bertz CT molecular complexity index is 1350. The van der Waals surface area contributed by atoms with Gasteiger partial charge in [-0.2, -0.15) is 5.26 Å². The maximum absolute atomic E-state index is 13.5. The van der Waals surface area contributed by atoms with Crippen LogP contribution in [0.1, 0.15) is 28.8 Å². The van der Waals surface area contributed by atoms with Crippen molar-refractivity contribution < 1.29 is 9.53 Å². The standard InChI is InChI=1S/C24H25ClN6O3/c1-34-18-7-2-5-16(11-18)20(32)14-30-15-28-21-19(12-26)23(29-9-3-6-17(27)13-29)31(10-4-8-25)22(21)24(30)33/h2,4-5,7-8,11,15,17H,3,6,9-10,13-14,27H2,1H3/b8-4+/t17-/m0/s1. The zero-order valence-electron chi connectivity index (χ0n) is 18.8. The predicted molar refractivity (Wildman–Crippen MR) is 130 cm³/mol. The summed E-state index contributed by atoms with van der Waals surface area (Å²) >= 11 is 5.79. The predicted octanol–water partition coefficient (Wildman–Crippen LogP) is 2.64. The van der Waals surface area contributed by atoms with Gasteiger partial charge < -0.3 is 19.9 Å². The van der Waals surface area contributed by atoms with E-state index in [4.69, 9.17) is 22.1 Å². The van der Waals surface area contributed by atoms with E-state index in [1.54, 1.807) is 34.9 Å². The number of anilines is 1. The van der Waals surface area contributed by atoms with Crippen molar-refractivity contribution in [3.8, 4) is 11.8 Å². The summed E-state index contributed by atoms with van der Waals surface area (Å²) in [6, 6.07) is 8.94. The topological polar surface area (TPSA) is 119 Å². The van der Waals surface area contributed by atoms with Crippen LogP contribution in [-0.4, -0.2) is 46.1 Å². The number of ether oxygens (including phenoxy) is 1. The summed E-state index contributed by atoms with van der Waals surface area (Å²) in [5, 5.41) is 9.98. The van der Waals surface area contributed by atoms with Crippen LogP contribution in [-0.2, 0) is 13.1 Å². The summed E-state index contributed by atoms with van der Waals surface area (Å²) < 4.78 is 8.19. The molecule has 1 aliphatic rings. The lowest BCUT2D eigenvalue weighted by atomic mass is 10.1. The van der Waals surface area contributed by atoms with Gasteiger partial charge in [-0.25, -0.2) is 4.98 Å². The average Bonchev–Trinajstić information content (AvgIpc) is 3.18. The van der Waals surface area contributed by atoms with Crippen molar-refractivity contribution in [2.45, 2.75) is 32.0 Å². The van der Waals surface area contributed by atoms with Crippen LogP contribution >= 0.6 is 11.6 Å². The molecule has 1 saturated heterocycles. The summed E-state index contributed by atoms with van der Waals surface area (Å²) in [5.74, 6) is 0.893. The number of fused-ring (bicyclic) bond motifs is 1. The third kappa shape index (κ3) is 4.42. The Balaban J connectivity index is 1.83. The molecule has 0 bridgehead atoms. The van der Waals surface area contributed by atoms with Crippen molar-refractivity contribution in [3.05, 3.63) is 63.7 Å². The second kappa shape index (κ2) is 10.1. The normalized spacial score (nSPS) is 16.2. The summed E-state index contributed by atoms with van der Waals surface area (Å²) in [6.07, 6.45) is 4.79. The van der Waals surface area contributed by atoms with Crippen LogP contribution in [0.3, 0.4) is 0 Å². The molecule has 1 aromatic carbocycles. The highest BCUT2D eigenvalue weighted by molar-refractivity contribution is 6.25. The first-order valence-corrected chi connectivity index (χ1v) is 11.4. The van der Waals surface area contributed by atoms with E-state index in [1.807, 2.05) is 4.90 Å². The van der Waals surface area contributed by atoms with Crippen LogP contribution in [0.2, 0.25) is 0 Å². The Morgan fingerprint density at radius 1 is 1.44 bits per heavy atom. The number of nitriles is 1. The van der Waals surface area contributed by atoms with Gasteiger partial charge in [-0.05, 0) is 25.0 Å². The molecule has 2 aromatic heterocycles. The highest BCUT2D eigenvalue weighted by Gasteiger charge is 2.28. The van der Waals surface area contributed by atoms with Gasteiger partial charge in [0.15, 0.2) is 5.78 Å². The summed E-state index contributed by atoms with van der Waals surface area (Å²) in [5.41, 5.74) is 8.43. The van der Waals surface area contributed by atoms with Crippen molar-refractivity contribution in [3.63, 3.8) is 0 Å². The quantitative estimate of drug-likeness (QED) is 0.516. The lowest BCUT2D eigenvalue weighted by Crippen LogP contribution is -2.44. The van der Waals surface area contributed by atoms with E-state index in [0.717, 1.165) is 12.8 Å². The number of piperidine rings is 1. The molecule has 1 atom stereocenters. The summed E-state index contributed by atoms with van der Waals surface area (Å²) in [7, 11) is 1.52. The number of allylic oxidation sites excluding steroid dienone is 1. The molecule has 3 aromatic rings. The Hall–Kier alpha value is -3.61. The molecule has 0 saturated carbocycles. The van der Waals surface area contributed by atoms with Crippen LogP contribution in [0.15, 0.2) is 47.0 Å². The van der Waals surface area contributed by atoms with Gasteiger partial charge in [0.05, 0.1) is 20.0 Å². The maximum atomic E-state index is 13.5. The van der Waals surface area contributed by atoms with Crippen molar-refractivity contribution in [1.82, 2.24) is 14.1 Å². The highest BCUT2D eigenvalue weighted by Crippen LogP contribution is 2.31. The molecule has 176 valence electrons. The van der Waals surface area contributed by atoms with Crippen LogP contribution in [0, 0.1) is 11.3 Å². The monoisotopic (exact) mass is 480 g/mol. The molecule has 0 aliphatic carbocycles. The molecule has 9 nitrogen and oxygen atoms in total. The molecule has 1 fully saturated rings. The molecular formula is C24H25ClN6O3. The van der Waals surface area contributed by atoms with Crippen molar-refractivity contribution in [2.24, 2.45) is 5.73 Å². The van der Waals surface area contributed by atoms with E-state index in [2.05, 4.69) is 11.1 Å². The first-order chi connectivity index (χ1) is 16.5. The molecule has 34 heavy (non-hydrogen) atoms. The van der Waals surface area contributed by atoms with E-state index >= 15 is 0 Å². The Kier molecular flexibility index (Phi) is 7.01. The number of ketones is 1. The fourth-order valence-electron chi connectivity index (χ4n) is 4.36. The Morgan fingerprint density at radius 2 is 2.26 bits per heavy atom. The molecule has 4 rings (SSSR count). The van der Waals surface area contributed by atoms with Gasteiger partial charge in [-0.15, -0.1) is 0 Å². The van der Waals surface area contributed by atoms with E-state index in [1.165, 1.54) is 23.5 Å². The van der Waals surface area contributed by atoms with Gasteiger partial charge in [0.1, 0.15) is 34.2 Å². The minimum absolute atomic E-state index is 0.0274. The van der Waals surface area contributed by atoms with Gasteiger partial charge in [0.25, 0.3) is 5.56 Å². The molecule has 3 heterocycles. The number of benzene rings is 1. The molecule has 0 radical (unpaired) electrons. The number of halogens is 1. The van der Waals surface area contributed by atoms with Crippen molar-refractivity contribution in [2.75, 3.05) is 25.1 Å². The van der Waals surface area contributed by atoms with Crippen LogP contribution in [0.5, 0.6) is 5.75 Å². The van der Waals surface area contributed by atoms with Crippen LogP contribution in [0.25, 0.3) is 11.0 Å². The lowest BCUT2D eigenvalue weighted by molar-refractivity contribution is 0.0970. The lowest BCUT2D eigenvalue weighted by Gasteiger charge is -2.33. The second-order valence-corrected chi connectivity index (χ2v) is 8.41. The minimum atomic E-state index is -0.409. The van der Waals surface area contributed by atoms with E-state index in [9.17, 15) is 14.9 Å². The largest absolute Gasteiger partial charge is 0.497 e. The summed E-state index contributed by atoms with van der Waals surface area (Å²) in [4.78, 5) is 32.9. The van der Waals surface area contributed by atoms with Crippen molar-refractivity contribution in [1.29, 1.82) is 5.26 Å². The van der Waals surface area contributed by atoms with Gasteiger partial charge >= 0.3 is 0 Å². The molecule has 0 unspecified atom stereocenters. The maximum Gasteiger partial charge on any atom is 0.278 e. The number of nitrogens with two attached hydrogens (primary N) is 1. The number of hydrogen-bond donors (Lipinski definition) is 1. The number of aromatic nitrogens is 3. The first-order valence-electron chi connectivity index (χ1n) is 10.9. The number of rotatable bonds is 7.